The summed E-state index contributed by atoms with van der Waals surface area (Å²) in [6.07, 6.45) is 13.9. The molecule has 7 heteroatoms. The van der Waals surface area contributed by atoms with Gasteiger partial charge in [0.05, 0.1) is 11.7 Å². The van der Waals surface area contributed by atoms with E-state index in [0.29, 0.717) is 5.91 Å². The first-order chi connectivity index (χ1) is 16.1. The lowest BCUT2D eigenvalue weighted by Gasteiger charge is -2.38. The standard InChI is InChI=1S/C26H38N6O/c1-17-15-32-24(28-25(17)30-13-11-21(27)16-30)14-22(29-32)23-4-2-3-12-31(23)26(33)20-9-7-19(8-10-20)18-5-6-18/h14-15,18-21,23H,2-13,16,27H2,1H3/t19?,20?,21-,23-/m0/s1. The minimum Gasteiger partial charge on any atom is -0.355 e. The molecule has 2 aromatic rings. The first kappa shape index (κ1) is 21.4. The summed E-state index contributed by atoms with van der Waals surface area (Å²) in [6, 6.07) is 2.42. The van der Waals surface area contributed by atoms with Crippen molar-refractivity contribution in [1.29, 1.82) is 0 Å². The van der Waals surface area contributed by atoms with Crippen molar-refractivity contribution >= 4 is 17.4 Å². The van der Waals surface area contributed by atoms with Gasteiger partial charge >= 0.3 is 0 Å². The zero-order valence-corrected chi connectivity index (χ0v) is 20.0. The van der Waals surface area contributed by atoms with E-state index in [1.54, 1.807) is 0 Å². The van der Waals surface area contributed by atoms with E-state index in [4.69, 9.17) is 15.8 Å². The van der Waals surface area contributed by atoms with Gasteiger partial charge in [0, 0.05) is 49.4 Å². The highest BCUT2D eigenvalue weighted by molar-refractivity contribution is 5.79. The van der Waals surface area contributed by atoms with E-state index in [1.807, 2.05) is 4.52 Å². The van der Waals surface area contributed by atoms with Gasteiger partial charge < -0.3 is 15.5 Å². The molecule has 2 N–H and O–H groups in total. The maximum atomic E-state index is 13.6. The number of carbonyl (C=O) groups excluding carboxylic acids is 1. The zero-order chi connectivity index (χ0) is 22.5. The highest BCUT2D eigenvalue weighted by Gasteiger charge is 2.39. The van der Waals surface area contributed by atoms with Crippen LogP contribution in [-0.4, -0.2) is 51.1 Å². The number of hydrogen-bond donors (Lipinski definition) is 1. The Hall–Kier alpha value is -2.15. The van der Waals surface area contributed by atoms with Crippen molar-refractivity contribution in [3.05, 3.63) is 23.5 Å². The van der Waals surface area contributed by atoms with Gasteiger partial charge in [0.25, 0.3) is 0 Å². The third-order valence-electron chi connectivity index (χ3n) is 8.69. The van der Waals surface area contributed by atoms with Crippen LogP contribution in [0.4, 0.5) is 5.82 Å². The number of amides is 1. The monoisotopic (exact) mass is 450 g/mol. The highest BCUT2D eigenvalue weighted by Crippen LogP contribution is 2.46. The summed E-state index contributed by atoms with van der Waals surface area (Å²) >= 11 is 0. The largest absolute Gasteiger partial charge is 0.355 e. The SMILES string of the molecule is Cc1cn2nc([C@@H]3CCCCN3C(=O)C3CCC(C4CC4)CC3)cc2nc1N1CC[C@H](N)C1. The maximum Gasteiger partial charge on any atom is 0.226 e. The molecule has 0 aromatic carbocycles. The van der Waals surface area contributed by atoms with Crippen molar-refractivity contribution in [2.24, 2.45) is 23.5 Å². The number of nitrogens with two attached hydrogens (primary N) is 1. The summed E-state index contributed by atoms with van der Waals surface area (Å²) in [6.45, 7) is 4.78. The van der Waals surface area contributed by atoms with Crippen molar-refractivity contribution in [2.75, 3.05) is 24.5 Å². The number of piperidine rings is 1. The lowest BCUT2D eigenvalue weighted by atomic mass is 9.78. The number of carbonyl (C=O) groups is 1. The smallest absolute Gasteiger partial charge is 0.226 e. The van der Waals surface area contributed by atoms with E-state index in [0.717, 1.165) is 92.7 Å². The van der Waals surface area contributed by atoms with Crippen LogP contribution in [0.5, 0.6) is 0 Å². The molecule has 2 aliphatic heterocycles. The second-order valence-corrected chi connectivity index (χ2v) is 11.1. The van der Waals surface area contributed by atoms with Crippen LogP contribution >= 0.6 is 0 Å². The predicted molar refractivity (Wildman–Crippen MR) is 129 cm³/mol. The quantitative estimate of drug-likeness (QED) is 0.765. The Morgan fingerprint density at radius 3 is 2.45 bits per heavy atom. The van der Waals surface area contributed by atoms with E-state index in [-0.39, 0.29) is 18.0 Å². The van der Waals surface area contributed by atoms with Crippen molar-refractivity contribution < 1.29 is 4.79 Å². The van der Waals surface area contributed by atoms with Crippen LogP contribution in [0.2, 0.25) is 0 Å². The van der Waals surface area contributed by atoms with Crippen molar-refractivity contribution in [3.63, 3.8) is 0 Å². The van der Waals surface area contributed by atoms with Crippen LogP contribution in [0.1, 0.15) is 81.5 Å². The van der Waals surface area contributed by atoms with Gasteiger partial charge in [0.2, 0.25) is 5.91 Å². The molecule has 4 fully saturated rings. The van der Waals surface area contributed by atoms with Crippen molar-refractivity contribution in [2.45, 2.75) is 83.2 Å². The molecule has 2 saturated heterocycles. The van der Waals surface area contributed by atoms with Gasteiger partial charge in [-0.05, 0) is 83.0 Å². The third-order valence-corrected chi connectivity index (χ3v) is 8.69. The van der Waals surface area contributed by atoms with Crippen LogP contribution < -0.4 is 10.6 Å². The van der Waals surface area contributed by atoms with Gasteiger partial charge in [0.15, 0.2) is 5.65 Å². The lowest BCUT2D eigenvalue weighted by molar-refractivity contribution is -0.141. The maximum absolute atomic E-state index is 13.6. The summed E-state index contributed by atoms with van der Waals surface area (Å²) in [5, 5.41) is 4.92. The van der Waals surface area contributed by atoms with E-state index < -0.39 is 0 Å². The molecule has 0 unspecified atom stereocenters. The first-order valence-electron chi connectivity index (χ1n) is 13.2. The van der Waals surface area contributed by atoms with Crippen LogP contribution in [-0.2, 0) is 4.79 Å². The van der Waals surface area contributed by atoms with E-state index in [1.165, 1.54) is 25.7 Å². The summed E-state index contributed by atoms with van der Waals surface area (Å²) in [5.74, 6) is 3.47. The number of aryl methyl sites for hydroxylation is 1. The van der Waals surface area contributed by atoms with Crippen LogP contribution in [0, 0.1) is 24.7 Å². The zero-order valence-electron chi connectivity index (χ0n) is 20.0. The van der Waals surface area contributed by atoms with Crippen LogP contribution in [0.3, 0.4) is 0 Å². The Balaban J connectivity index is 1.22. The molecule has 2 atom stereocenters. The third kappa shape index (κ3) is 4.13. The Labute approximate surface area is 196 Å². The molecular formula is C26H38N6O. The number of likely N-dealkylation sites (tertiary alicyclic amines) is 1. The summed E-state index contributed by atoms with van der Waals surface area (Å²) in [5.41, 5.74) is 9.12. The second kappa shape index (κ2) is 8.57. The second-order valence-electron chi connectivity index (χ2n) is 11.1. The molecule has 178 valence electrons. The van der Waals surface area contributed by atoms with Gasteiger partial charge in [-0.25, -0.2) is 9.50 Å². The molecule has 0 spiro atoms. The molecule has 6 rings (SSSR count). The Morgan fingerprint density at radius 2 is 1.76 bits per heavy atom. The molecule has 1 amide bonds. The van der Waals surface area contributed by atoms with Gasteiger partial charge in [-0.1, -0.05) is 0 Å². The van der Waals surface area contributed by atoms with E-state index in [2.05, 4.69) is 29.0 Å². The molecule has 2 saturated carbocycles. The normalized spacial score (nSPS) is 30.8. The molecule has 2 aromatic heterocycles. The first-order valence-corrected chi connectivity index (χ1v) is 13.2. The topological polar surface area (TPSA) is 79.8 Å². The minimum atomic E-state index is 0.0815. The van der Waals surface area contributed by atoms with Gasteiger partial charge in [-0.15, -0.1) is 0 Å². The van der Waals surface area contributed by atoms with E-state index >= 15 is 0 Å². The summed E-state index contributed by atoms with van der Waals surface area (Å²) < 4.78 is 1.91. The Kier molecular flexibility index (Phi) is 5.55. The summed E-state index contributed by atoms with van der Waals surface area (Å²) in [7, 11) is 0. The number of hydrogen-bond acceptors (Lipinski definition) is 5. The van der Waals surface area contributed by atoms with Gasteiger partial charge in [-0.3, -0.25) is 4.79 Å². The van der Waals surface area contributed by atoms with E-state index in [9.17, 15) is 4.79 Å². The number of anilines is 1. The van der Waals surface area contributed by atoms with Gasteiger partial charge in [-0.2, -0.15) is 5.10 Å². The van der Waals surface area contributed by atoms with Gasteiger partial charge in [0.1, 0.15) is 5.82 Å². The van der Waals surface area contributed by atoms with Crippen LogP contribution in [0.25, 0.3) is 5.65 Å². The van der Waals surface area contributed by atoms with Crippen molar-refractivity contribution in [3.8, 4) is 0 Å². The summed E-state index contributed by atoms with van der Waals surface area (Å²) in [4.78, 5) is 23.0. The fourth-order valence-corrected chi connectivity index (χ4v) is 6.62. The lowest BCUT2D eigenvalue weighted by Crippen LogP contribution is -2.43. The van der Waals surface area contributed by atoms with Crippen molar-refractivity contribution in [1.82, 2.24) is 19.5 Å². The number of nitrogens with zero attached hydrogens (tertiary/aromatic N) is 5. The minimum absolute atomic E-state index is 0.0815. The van der Waals surface area contributed by atoms with Crippen LogP contribution in [0.15, 0.2) is 12.3 Å². The molecule has 0 radical (unpaired) electrons. The predicted octanol–water partition coefficient (Wildman–Crippen LogP) is 3.85. The average Bonchev–Trinajstić information content (AvgIpc) is 3.47. The number of rotatable bonds is 4. The molecule has 2 aliphatic carbocycles. The highest BCUT2D eigenvalue weighted by atomic mass is 16.2. The Morgan fingerprint density at radius 1 is 1.00 bits per heavy atom. The Bertz CT molecular complexity index is 1020. The molecule has 7 nitrogen and oxygen atoms in total. The molecule has 4 heterocycles. The molecular weight excluding hydrogens is 412 g/mol. The average molecular weight is 451 g/mol. The number of fused-ring (bicyclic) bond motifs is 1. The molecule has 33 heavy (non-hydrogen) atoms. The molecule has 0 bridgehead atoms. The fourth-order valence-electron chi connectivity index (χ4n) is 6.62. The number of aromatic nitrogens is 3. The fraction of sp³-hybridized carbons (Fsp3) is 0.731. The molecule has 4 aliphatic rings.